The Labute approximate surface area is 117 Å². The molecule has 1 atom stereocenters. The number of anilines is 1. The van der Waals surface area contributed by atoms with Crippen LogP contribution in [0.4, 0.5) is 5.69 Å². The molecule has 0 spiro atoms. The zero-order chi connectivity index (χ0) is 14.2. The molecule has 0 aliphatic carbocycles. The van der Waals surface area contributed by atoms with Gasteiger partial charge in [0.05, 0.1) is 18.2 Å². The highest BCUT2D eigenvalue weighted by Gasteiger charge is 2.40. The highest BCUT2D eigenvalue weighted by molar-refractivity contribution is 6.31. The molecular formula is C14H17ClN2O2. The summed E-state index contributed by atoms with van der Waals surface area (Å²) in [5, 5.41) is 3.67. The molecule has 2 amide bonds. The first-order valence-electron chi connectivity index (χ1n) is 6.18. The van der Waals surface area contributed by atoms with Crippen molar-refractivity contribution in [2.45, 2.75) is 38.8 Å². The number of carbonyl (C=O) groups excluding carboxylic acids is 2. The van der Waals surface area contributed by atoms with Crippen LogP contribution in [0.3, 0.4) is 0 Å². The molecule has 19 heavy (non-hydrogen) atoms. The fraction of sp³-hybridized carbons (Fsp3) is 0.429. The average Bonchev–Trinajstić information content (AvgIpc) is 2.51. The van der Waals surface area contributed by atoms with E-state index in [0.29, 0.717) is 10.7 Å². The number of amides is 2. The first-order valence-corrected chi connectivity index (χ1v) is 6.56. The molecule has 1 saturated heterocycles. The average molecular weight is 281 g/mol. The van der Waals surface area contributed by atoms with Gasteiger partial charge in [-0.2, -0.15) is 0 Å². The second-order valence-corrected chi connectivity index (χ2v) is 6.13. The maximum Gasteiger partial charge on any atom is 0.251 e. The number of nitrogens with zero attached hydrogens (tertiary/aromatic N) is 1. The highest BCUT2D eigenvalue weighted by atomic mass is 35.5. The van der Waals surface area contributed by atoms with E-state index in [1.165, 1.54) is 4.90 Å². The lowest BCUT2D eigenvalue weighted by molar-refractivity contribution is -0.121. The maximum absolute atomic E-state index is 12.3. The summed E-state index contributed by atoms with van der Waals surface area (Å²) in [5.74, 6) is -0.420. The molecule has 102 valence electrons. The van der Waals surface area contributed by atoms with Gasteiger partial charge in [-0.1, -0.05) is 17.7 Å². The molecule has 1 aromatic carbocycles. The maximum atomic E-state index is 12.3. The van der Waals surface area contributed by atoms with Crippen LogP contribution in [0.2, 0.25) is 5.02 Å². The zero-order valence-electron chi connectivity index (χ0n) is 11.2. The van der Waals surface area contributed by atoms with Crippen molar-refractivity contribution in [3.63, 3.8) is 0 Å². The molecular weight excluding hydrogens is 264 g/mol. The molecule has 0 bridgehead atoms. The van der Waals surface area contributed by atoms with E-state index >= 15 is 0 Å². The number of benzene rings is 1. The van der Waals surface area contributed by atoms with Gasteiger partial charge in [0.2, 0.25) is 5.91 Å². The lowest BCUT2D eigenvalue weighted by Gasteiger charge is -2.24. The van der Waals surface area contributed by atoms with Gasteiger partial charge in [0.1, 0.15) is 0 Å². The van der Waals surface area contributed by atoms with E-state index in [0.717, 1.165) is 0 Å². The molecule has 0 radical (unpaired) electrons. The number of rotatable bonds is 2. The summed E-state index contributed by atoms with van der Waals surface area (Å²) < 4.78 is 0. The molecule has 1 aliphatic rings. The Hall–Kier alpha value is -1.39. The largest absolute Gasteiger partial charge is 0.301 e. The molecule has 0 unspecified atom stereocenters. The summed E-state index contributed by atoms with van der Waals surface area (Å²) in [6.45, 7) is 5.90. The van der Waals surface area contributed by atoms with Crippen molar-refractivity contribution in [1.82, 2.24) is 5.32 Å². The van der Waals surface area contributed by atoms with E-state index in [9.17, 15) is 9.59 Å². The van der Waals surface area contributed by atoms with Crippen LogP contribution in [0.5, 0.6) is 0 Å². The second kappa shape index (κ2) is 4.94. The third kappa shape index (κ3) is 3.14. The van der Waals surface area contributed by atoms with Gasteiger partial charge in [0.15, 0.2) is 0 Å². The first-order chi connectivity index (χ1) is 8.78. The predicted molar refractivity (Wildman–Crippen MR) is 75.2 cm³/mol. The van der Waals surface area contributed by atoms with Gasteiger partial charge < -0.3 is 5.32 Å². The summed E-state index contributed by atoms with van der Waals surface area (Å²) >= 11 is 5.90. The third-order valence-corrected chi connectivity index (χ3v) is 3.06. The third-order valence-electron chi connectivity index (χ3n) is 2.82. The van der Waals surface area contributed by atoms with Crippen LogP contribution < -0.4 is 10.2 Å². The Kier molecular flexibility index (Phi) is 3.65. The van der Waals surface area contributed by atoms with Crippen LogP contribution in [0.25, 0.3) is 0 Å². The van der Waals surface area contributed by atoms with Gasteiger partial charge in [-0.3, -0.25) is 9.59 Å². The Balaban J connectivity index is 2.24. The minimum absolute atomic E-state index is 0.183. The number of carbonyl (C=O) groups is 2. The Morgan fingerprint density at radius 1 is 1.32 bits per heavy atom. The van der Waals surface area contributed by atoms with E-state index < -0.39 is 6.04 Å². The van der Waals surface area contributed by atoms with Crippen LogP contribution in [-0.4, -0.2) is 23.4 Å². The summed E-state index contributed by atoms with van der Waals surface area (Å²) in [5.41, 5.74) is 0.311. The van der Waals surface area contributed by atoms with Crippen molar-refractivity contribution < 1.29 is 9.59 Å². The molecule has 1 N–H and O–H groups in total. The minimum atomic E-state index is -0.466. The van der Waals surface area contributed by atoms with Crippen LogP contribution in [0.1, 0.15) is 27.2 Å². The van der Waals surface area contributed by atoms with Gasteiger partial charge >= 0.3 is 0 Å². The fourth-order valence-electron chi connectivity index (χ4n) is 2.15. The molecule has 2 rings (SSSR count). The van der Waals surface area contributed by atoms with Crippen LogP contribution in [0.15, 0.2) is 24.3 Å². The van der Waals surface area contributed by atoms with Crippen molar-refractivity contribution in [2.24, 2.45) is 0 Å². The van der Waals surface area contributed by atoms with E-state index in [1.807, 2.05) is 20.8 Å². The van der Waals surface area contributed by atoms with Crippen molar-refractivity contribution in [2.75, 3.05) is 4.90 Å². The summed E-state index contributed by atoms with van der Waals surface area (Å²) in [4.78, 5) is 25.5. The SMILES string of the molecule is CC(C)(C)N[C@@H]1CC(=O)N(c2cccc(Cl)c2)C1=O. The van der Waals surface area contributed by atoms with Gasteiger partial charge in [-0.05, 0) is 39.0 Å². The summed E-state index contributed by atoms with van der Waals surface area (Å²) in [6, 6.07) is 6.30. The molecule has 1 aliphatic heterocycles. The number of halogens is 1. The van der Waals surface area contributed by atoms with Crippen LogP contribution in [-0.2, 0) is 9.59 Å². The van der Waals surface area contributed by atoms with E-state index in [4.69, 9.17) is 11.6 Å². The standard InChI is InChI=1S/C14H17ClN2O2/c1-14(2,3)16-11-8-12(18)17(13(11)19)10-6-4-5-9(15)7-10/h4-7,11,16H,8H2,1-3H3/t11-/m1/s1. The number of nitrogens with one attached hydrogen (secondary N) is 1. The van der Waals surface area contributed by atoms with Gasteiger partial charge in [-0.15, -0.1) is 0 Å². The molecule has 0 aromatic heterocycles. The number of hydrogen-bond donors (Lipinski definition) is 1. The van der Waals surface area contributed by atoms with E-state index in [1.54, 1.807) is 24.3 Å². The Morgan fingerprint density at radius 2 is 2.00 bits per heavy atom. The second-order valence-electron chi connectivity index (χ2n) is 5.70. The molecule has 5 heteroatoms. The van der Waals surface area contributed by atoms with Crippen LogP contribution >= 0.6 is 11.6 Å². The Morgan fingerprint density at radius 3 is 2.58 bits per heavy atom. The van der Waals surface area contributed by atoms with Crippen molar-refractivity contribution in [3.8, 4) is 0 Å². The highest BCUT2D eigenvalue weighted by Crippen LogP contribution is 2.26. The number of imide groups is 1. The predicted octanol–water partition coefficient (Wildman–Crippen LogP) is 2.36. The van der Waals surface area contributed by atoms with E-state index in [-0.39, 0.29) is 23.8 Å². The molecule has 4 nitrogen and oxygen atoms in total. The lowest BCUT2D eigenvalue weighted by atomic mass is 10.1. The topological polar surface area (TPSA) is 49.4 Å². The van der Waals surface area contributed by atoms with E-state index in [2.05, 4.69) is 5.32 Å². The smallest absolute Gasteiger partial charge is 0.251 e. The minimum Gasteiger partial charge on any atom is -0.301 e. The molecule has 0 saturated carbocycles. The summed E-state index contributed by atoms with van der Waals surface area (Å²) in [7, 11) is 0. The lowest BCUT2D eigenvalue weighted by Crippen LogP contribution is -2.47. The normalized spacial score (nSPS) is 20.2. The van der Waals surface area contributed by atoms with Gasteiger partial charge in [0, 0.05) is 10.6 Å². The number of hydrogen-bond acceptors (Lipinski definition) is 3. The monoisotopic (exact) mass is 280 g/mol. The van der Waals surface area contributed by atoms with Gasteiger partial charge in [-0.25, -0.2) is 4.90 Å². The molecule has 1 fully saturated rings. The zero-order valence-corrected chi connectivity index (χ0v) is 12.0. The van der Waals surface area contributed by atoms with Crippen LogP contribution in [0, 0.1) is 0 Å². The molecule has 1 heterocycles. The Bertz CT molecular complexity index is 522. The van der Waals surface area contributed by atoms with Gasteiger partial charge in [0.25, 0.3) is 5.91 Å². The van der Waals surface area contributed by atoms with Crippen molar-refractivity contribution in [1.29, 1.82) is 0 Å². The van der Waals surface area contributed by atoms with Crippen molar-refractivity contribution >= 4 is 29.1 Å². The quantitative estimate of drug-likeness (QED) is 0.846. The first kappa shape index (κ1) is 14.0. The fourth-order valence-corrected chi connectivity index (χ4v) is 2.34. The van der Waals surface area contributed by atoms with Crippen molar-refractivity contribution in [3.05, 3.63) is 29.3 Å². The summed E-state index contributed by atoms with van der Waals surface area (Å²) in [6.07, 6.45) is 0.183. The molecule has 1 aromatic rings.